The molecule has 7 aromatic carbocycles. The summed E-state index contributed by atoms with van der Waals surface area (Å²) in [6.07, 6.45) is 1.90. The smallest absolute Gasteiger partial charge is 0.138 e. The van der Waals surface area contributed by atoms with Crippen LogP contribution in [0, 0.1) is 0 Å². The average molecular weight is 685 g/mol. The van der Waals surface area contributed by atoms with Gasteiger partial charge in [0.2, 0.25) is 0 Å². The van der Waals surface area contributed by atoms with Gasteiger partial charge in [-0.1, -0.05) is 109 Å². The van der Waals surface area contributed by atoms with E-state index in [4.69, 9.17) is 14.7 Å². The molecule has 0 fully saturated rings. The lowest BCUT2D eigenvalue weighted by Gasteiger charge is -2.20. The van der Waals surface area contributed by atoms with Gasteiger partial charge in [0, 0.05) is 29.1 Å². The van der Waals surface area contributed by atoms with Crippen molar-refractivity contribution in [3.8, 4) is 39.6 Å². The van der Waals surface area contributed by atoms with E-state index in [9.17, 15) is 0 Å². The van der Waals surface area contributed by atoms with E-state index < -0.39 is 0 Å². The molecule has 0 unspecified atom stereocenters. The number of benzene rings is 7. The number of rotatable bonds is 7. The van der Waals surface area contributed by atoms with Crippen LogP contribution in [0.3, 0.4) is 0 Å². The Bertz CT molecular complexity index is 2760. The van der Waals surface area contributed by atoms with Gasteiger partial charge in [-0.2, -0.15) is 10.1 Å². The summed E-state index contributed by atoms with van der Waals surface area (Å²) in [6.45, 7) is 0. The first-order valence-corrected chi connectivity index (χ1v) is 17.6. The Hall–Kier alpha value is -7.15. The van der Waals surface area contributed by atoms with Gasteiger partial charge in [-0.15, -0.1) is 4.94 Å². The molecule has 1 aliphatic heterocycles. The van der Waals surface area contributed by atoms with E-state index in [0.717, 1.165) is 67.2 Å². The van der Waals surface area contributed by atoms with Crippen molar-refractivity contribution in [1.29, 1.82) is 0 Å². The minimum atomic E-state index is 0.696. The molecule has 6 nitrogen and oxygen atoms in total. The Morgan fingerprint density at radius 1 is 0.434 bits per heavy atom. The van der Waals surface area contributed by atoms with E-state index in [1.165, 1.54) is 11.1 Å². The number of hydrogen-bond acceptors (Lipinski definition) is 5. The SMILES string of the molecule is c1ccc(-c2ccccc2-c2ccnc(-n3c4ccccc4c4ccc(Oc5cccc(N6ON(c7ccccc7)c7ccccc76)c5)cc43)c2)cc1. The zero-order valence-electron chi connectivity index (χ0n) is 28.6. The molecule has 0 spiro atoms. The van der Waals surface area contributed by atoms with Gasteiger partial charge in [0.25, 0.3) is 0 Å². The van der Waals surface area contributed by atoms with Crippen LogP contribution >= 0.6 is 0 Å². The molecule has 0 N–H and O–H groups in total. The summed E-state index contributed by atoms with van der Waals surface area (Å²) < 4.78 is 8.83. The van der Waals surface area contributed by atoms with Crippen molar-refractivity contribution in [2.24, 2.45) is 0 Å². The molecule has 10 rings (SSSR count). The summed E-state index contributed by atoms with van der Waals surface area (Å²) in [5.41, 5.74) is 10.4. The van der Waals surface area contributed by atoms with E-state index >= 15 is 0 Å². The number of para-hydroxylation sites is 4. The minimum absolute atomic E-state index is 0.696. The van der Waals surface area contributed by atoms with Gasteiger partial charge < -0.3 is 4.74 Å². The highest BCUT2D eigenvalue weighted by molar-refractivity contribution is 6.09. The molecule has 0 amide bonds. The quantitative estimate of drug-likeness (QED) is 0.167. The topological polar surface area (TPSA) is 42.8 Å². The van der Waals surface area contributed by atoms with Crippen molar-refractivity contribution in [3.05, 3.63) is 194 Å². The summed E-state index contributed by atoms with van der Waals surface area (Å²) >= 11 is 0. The zero-order valence-corrected chi connectivity index (χ0v) is 28.6. The molecule has 0 atom stereocenters. The highest BCUT2D eigenvalue weighted by Gasteiger charge is 2.30. The van der Waals surface area contributed by atoms with E-state index in [-0.39, 0.29) is 0 Å². The Morgan fingerprint density at radius 2 is 1.06 bits per heavy atom. The molecule has 0 aliphatic carbocycles. The van der Waals surface area contributed by atoms with Gasteiger partial charge in [-0.3, -0.25) is 4.57 Å². The monoisotopic (exact) mass is 684 g/mol. The van der Waals surface area contributed by atoms with Crippen LogP contribution in [0.5, 0.6) is 11.5 Å². The van der Waals surface area contributed by atoms with Gasteiger partial charge in [0.15, 0.2) is 0 Å². The normalized spacial score (nSPS) is 12.4. The predicted octanol–water partition coefficient (Wildman–Crippen LogP) is 12.4. The van der Waals surface area contributed by atoms with Crippen LogP contribution in [0.15, 0.2) is 194 Å². The molecule has 252 valence electrons. The Labute approximate surface area is 306 Å². The first-order chi connectivity index (χ1) is 26.3. The van der Waals surface area contributed by atoms with Crippen molar-refractivity contribution in [1.82, 2.24) is 9.55 Å². The largest absolute Gasteiger partial charge is 0.457 e. The van der Waals surface area contributed by atoms with E-state index in [2.05, 4.69) is 114 Å². The maximum absolute atomic E-state index is 6.60. The lowest BCUT2D eigenvalue weighted by molar-refractivity contribution is 0.156. The lowest BCUT2D eigenvalue weighted by Crippen LogP contribution is -2.20. The molecule has 3 heterocycles. The van der Waals surface area contributed by atoms with Crippen molar-refractivity contribution in [2.75, 3.05) is 10.1 Å². The summed E-state index contributed by atoms with van der Waals surface area (Å²) in [5, 5.41) is 5.96. The van der Waals surface area contributed by atoms with Gasteiger partial charge in [0.05, 0.1) is 33.8 Å². The second-order valence-corrected chi connectivity index (χ2v) is 12.9. The minimum Gasteiger partial charge on any atom is -0.457 e. The lowest BCUT2D eigenvalue weighted by atomic mass is 9.95. The third-order valence-electron chi connectivity index (χ3n) is 9.70. The second kappa shape index (κ2) is 12.9. The molecule has 6 heteroatoms. The highest BCUT2D eigenvalue weighted by atomic mass is 16.8. The zero-order chi connectivity index (χ0) is 35.1. The van der Waals surface area contributed by atoms with Crippen LogP contribution < -0.4 is 14.9 Å². The molecule has 0 bridgehead atoms. The van der Waals surface area contributed by atoms with Gasteiger partial charge in [-0.05, 0) is 89.0 Å². The number of pyridine rings is 1. The van der Waals surface area contributed by atoms with Crippen LogP contribution in [0.4, 0.5) is 22.7 Å². The summed E-state index contributed by atoms with van der Waals surface area (Å²) in [6, 6.07) is 64.3. The van der Waals surface area contributed by atoms with Crippen molar-refractivity contribution < 1.29 is 9.68 Å². The first kappa shape index (κ1) is 30.7. The number of anilines is 4. The van der Waals surface area contributed by atoms with Crippen LogP contribution in [-0.4, -0.2) is 9.55 Å². The number of ether oxygens (including phenoxy) is 1. The molecule has 53 heavy (non-hydrogen) atoms. The summed E-state index contributed by atoms with van der Waals surface area (Å²) in [7, 11) is 0. The Kier molecular flexibility index (Phi) is 7.45. The molecule has 0 saturated carbocycles. The predicted molar refractivity (Wildman–Crippen MR) is 214 cm³/mol. The number of fused-ring (bicyclic) bond motifs is 4. The molecule has 9 aromatic rings. The molecule has 0 radical (unpaired) electrons. The third kappa shape index (κ3) is 5.46. The van der Waals surface area contributed by atoms with Gasteiger partial charge >= 0.3 is 0 Å². The van der Waals surface area contributed by atoms with Crippen LogP contribution in [-0.2, 0) is 4.94 Å². The molecule has 1 aliphatic rings. The molecule has 2 aromatic heterocycles. The fraction of sp³-hybridized carbons (Fsp3) is 0. The summed E-state index contributed by atoms with van der Waals surface area (Å²) in [5.74, 6) is 2.25. The second-order valence-electron chi connectivity index (χ2n) is 12.9. The van der Waals surface area contributed by atoms with E-state index in [1.54, 1.807) is 0 Å². The number of nitrogens with zero attached hydrogens (tertiary/aromatic N) is 4. The maximum Gasteiger partial charge on any atom is 0.138 e. The van der Waals surface area contributed by atoms with Gasteiger partial charge in [0.1, 0.15) is 17.3 Å². The van der Waals surface area contributed by atoms with Crippen LogP contribution in [0.2, 0.25) is 0 Å². The van der Waals surface area contributed by atoms with E-state index in [1.807, 2.05) is 95.2 Å². The van der Waals surface area contributed by atoms with E-state index in [0.29, 0.717) is 5.75 Å². The average Bonchev–Trinajstić information content (AvgIpc) is 3.78. The number of aromatic nitrogens is 2. The Morgan fingerprint density at radius 3 is 1.87 bits per heavy atom. The summed E-state index contributed by atoms with van der Waals surface area (Å²) in [4.78, 5) is 11.4. The van der Waals surface area contributed by atoms with Crippen molar-refractivity contribution >= 4 is 44.6 Å². The third-order valence-corrected chi connectivity index (χ3v) is 9.70. The standard InChI is InChI=1S/C47H32N4O2/c1-3-14-33(15-4-1)39-20-7-8-21-40(39)34-28-29-48-47(30-34)49-43-23-10-9-22-41(43)42-27-26-38(32-46(42)49)52-37-19-13-18-36(31-37)51-45-25-12-11-24-44(45)50(53-51)35-16-5-2-6-17-35/h1-32H. The first-order valence-electron chi connectivity index (χ1n) is 17.6. The fourth-order valence-electron chi connectivity index (χ4n) is 7.30. The fourth-order valence-corrected chi connectivity index (χ4v) is 7.30. The number of hydrogen-bond donors (Lipinski definition) is 0. The van der Waals surface area contributed by atoms with Crippen LogP contribution in [0.25, 0.3) is 49.9 Å². The molecular formula is C47H32N4O2. The molecular weight excluding hydrogens is 653 g/mol. The van der Waals surface area contributed by atoms with Crippen molar-refractivity contribution in [2.45, 2.75) is 0 Å². The van der Waals surface area contributed by atoms with Gasteiger partial charge in [-0.25, -0.2) is 4.98 Å². The molecule has 0 saturated heterocycles. The Balaban J connectivity index is 1.02. The van der Waals surface area contributed by atoms with Crippen LogP contribution in [0.1, 0.15) is 0 Å². The van der Waals surface area contributed by atoms with Crippen molar-refractivity contribution in [3.63, 3.8) is 0 Å². The highest BCUT2D eigenvalue weighted by Crippen LogP contribution is 2.46. The maximum atomic E-state index is 6.60.